The molecule has 2 rings (SSSR count). The molecular weight excluding hydrogens is 180 g/mol. The third-order valence-corrected chi connectivity index (χ3v) is 2.99. The smallest absolute Gasteiger partial charge is 0.227 e. The van der Waals surface area contributed by atoms with Gasteiger partial charge in [-0.1, -0.05) is 0 Å². The van der Waals surface area contributed by atoms with Gasteiger partial charge in [0.15, 0.2) is 0 Å². The summed E-state index contributed by atoms with van der Waals surface area (Å²) in [6.45, 7) is 2.29. The molecule has 4 heteroatoms. The Morgan fingerprint density at radius 1 is 1.29 bits per heavy atom. The molecule has 2 saturated heterocycles. The summed E-state index contributed by atoms with van der Waals surface area (Å²) in [7, 11) is 0. The minimum absolute atomic E-state index is 0.0142. The first-order valence-electron chi connectivity index (χ1n) is 5.33. The van der Waals surface area contributed by atoms with Crippen molar-refractivity contribution in [3.63, 3.8) is 0 Å². The Hall–Kier alpha value is -1.06. The van der Waals surface area contributed by atoms with E-state index in [9.17, 15) is 9.59 Å². The molecule has 1 unspecified atom stereocenters. The predicted octanol–water partition coefficient (Wildman–Crippen LogP) is 0.135. The van der Waals surface area contributed by atoms with Crippen LogP contribution < -0.4 is 5.32 Å². The first-order valence-corrected chi connectivity index (χ1v) is 5.33. The Morgan fingerprint density at radius 3 is 2.57 bits per heavy atom. The number of likely N-dealkylation sites (tertiary alicyclic amines) is 1. The van der Waals surface area contributed by atoms with Gasteiger partial charge >= 0.3 is 0 Å². The summed E-state index contributed by atoms with van der Waals surface area (Å²) < 4.78 is 0. The maximum Gasteiger partial charge on any atom is 0.227 e. The van der Waals surface area contributed by atoms with E-state index in [4.69, 9.17) is 0 Å². The lowest BCUT2D eigenvalue weighted by Gasteiger charge is -2.28. The molecule has 0 bridgehead atoms. The largest absolute Gasteiger partial charge is 0.355 e. The van der Waals surface area contributed by atoms with Crippen LogP contribution in [0.5, 0.6) is 0 Å². The molecule has 0 aromatic heterocycles. The molecule has 1 N–H and O–H groups in total. The summed E-state index contributed by atoms with van der Waals surface area (Å²) in [6.07, 6.45) is 3.83. The van der Waals surface area contributed by atoms with Crippen molar-refractivity contribution in [2.45, 2.75) is 25.7 Å². The van der Waals surface area contributed by atoms with E-state index >= 15 is 0 Å². The van der Waals surface area contributed by atoms with E-state index in [0.717, 1.165) is 25.9 Å². The van der Waals surface area contributed by atoms with E-state index in [2.05, 4.69) is 5.32 Å². The fourth-order valence-corrected chi connectivity index (χ4v) is 2.15. The second kappa shape index (κ2) is 3.98. The van der Waals surface area contributed by atoms with Crippen LogP contribution in [0.25, 0.3) is 0 Å². The van der Waals surface area contributed by atoms with E-state index in [1.807, 2.05) is 4.90 Å². The van der Waals surface area contributed by atoms with Crippen molar-refractivity contribution in [3.8, 4) is 0 Å². The SMILES string of the molecule is O=C1CC(C(=O)N2CCCCC2)CN1. The molecule has 0 aliphatic carbocycles. The van der Waals surface area contributed by atoms with Gasteiger partial charge in [0.2, 0.25) is 11.8 Å². The highest BCUT2D eigenvalue weighted by Crippen LogP contribution is 2.16. The molecule has 4 nitrogen and oxygen atoms in total. The second-order valence-corrected chi connectivity index (χ2v) is 4.09. The van der Waals surface area contributed by atoms with Crippen molar-refractivity contribution in [3.05, 3.63) is 0 Å². The number of nitrogens with zero attached hydrogens (tertiary/aromatic N) is 1. The lowest BCUT2D eigenvalue weighted by atomic mass is 10.0. The van der Waals surface area contributed by atoms with E-state index in [1.165, 1.54) is 6.42 Å². The molecule has 2 aliphatic heterocycles. The summed E-state index contributed by atoms with van der Waals surface area (Å²) in [5, 5.41) is 2.70. The van der Waals surface area contributed by atoms with E-state index < -0.39 is 0 Å². The van der Waals surface area contributed by atoms with Gasteiger partial charge < -0.3 is 10.2 Å². The Morgan fingerprint density at radius 2 is 2.00 bits per heavy atom. The van der Waals surface area contributed by atoms with Gasteiger partial charge in [0, 0.05) is 26.1 Å². The molecule has 0 aromatic carbocycles. The van der Waals surface area contributed by atoms with Crippen LogP contribution in [0.3, 0.4) is 0 Å². The second-order valence-electron chi connectivity index (χ2n) is 4.09. The molecule has 2 amide bonds. The normalized spacial score (nSPS) is 27.6. The lowest BCUT2D eigenvalue weighted by Crippen LogP contribution is -2.40. The zero-order valence-corrected chi connectivity index (χ0v) is 8.29. The van der Waals surface area contributed by atoms with Crippen LogP contribution in [0, 0.1) is 5.92 Å². The van der Waals surface area contributed by atoms with E-state index in [0.29, 0.717) is 13.0 Å². The predicted molar refractivity (Wildman–Crippen MR) is 51.5 cm³/mol. The van der Waals surface area contributed by atoms with Crippen LogP contribution in [0.15, 0.2) is 0 Å². The molecule has 0 spiro atoms. The third-order valence-electron chi connectivity index (χ3n) is 2.99. The zero-order valence-electron chi connectivity index (χ0n) is 8.29. The van der Waals surface area contributed by atoms with Crippen molar-refractivity contribution in [2.75, 3.05) is 19.6 Å². The monoisotopic (exact) mass is 196 g/mol. The first-order chi connectivity index (χ1) is 6.77. The van der Waals surface area contributed by atoms with Crippen molar-refractivity contribution in [2.24, 2.45) is 5.92 Å². The summed E-state index contributed by atoms with van der Waals surface area (Å²) in [6, 6.07) is 0. The van der Waals surface area contributed by atoms with Crippen molar-refractivity contribution in [1.82, 2.24) is 10.2 Å². The van der Waals surface area contributed by atoms with Crippen LogP contribution in [-0.4, -0.2) is 36.3 Å². The molecule has 0 aromatic rings. The van der Waals surface area contributed by atoms with Gasteiger partial charge in [0.1, 0.15) is 0 Å². The van der Waals surface area contributed by atoms with Crippen LogP contribution in [0.2, 0.25) is 0 Å². The Balaban J connectivity index is 1.90. The van der Waals surface area contributed by atoms with Crippen LogP contribution in [0.1, 0.15) is 25.7 Å². The maximum absolute atomic E-state index is 11.9. The van der Waals surface area contributed by atoms with E-state index in [-0.39, 0.29) is 17.7 Å². The number of carbonyl (C=O) groups is 2. The van der Waals surface area contributed by atoms with Gasteiger partial charge in [0.05, 0.1) is 5.92 Å². The van der Waals surface area contributed by atoms with Crippen LogP contribution in [-0.2, 0) is 9.59 Å². The molecule has 2 heterocycles. The fraction of sp³-hybridized carbons (Fsp3) is 0.800. The van der Waals surface area contributed by atoms with Crippen molar-refractivity contribution >= 4 is 11.8 Å². The Bertz CT molecular complexity index is 247. The molecule has 2 fully saturated rings. The average Bonchev–Trinajstić information content (AvgIpc) is 2.65. The van der Waals surface area contributed by atoms with Gasteiger partial charge in [-0.2, -0.15) is 0 Å². The lowest BCUT2D eigenvalue weighted by molar-refractivity contribution is -0.136. The number of nitrogens with one attached hydrogen (secondary N) is 1. The topological polar surface area (TPSA) is 49.4 Å². The van der Waals surface area contributed by atoms with Gasteiger partial charge in [-0.25, -0.2) is 0 Å². The first kappa shape index (κ1) is 9.49. The highest BCUT2D eigenvalue weighted by atomic mass is 16.2. The number of hydrogen-bond donors (Lipinski definition) is 1. The quantitative estimate of drug-likeness (QED) is 0.648. The Kier molecular flexibility index (Phi) is 2.70. The molecule has 2 aliphatic rings. The molecule has 14 heavy (non-hydrogen) atoms. The van der Waals surface area contributed by atoms with Gasteiger partial charge in [-0.15, -0.1) is 0 Å². The summed E-state index contributed by atoms with van der Waals surface area (Å²) >= 11 is 0. The third kappa shape index (κ3) is 1.89. The van der Waals surface area contributed by atoms with Gasteiger partial charge in [-0.3, -0.25) is 9.59 Å². The molecule has 0 radical (unpaired) electrons. The van der Waals surface area contributed by atoms with Crippen LogP contribution >= 0.6 is 0 Å². The standard InChI is InChI=1S/C10H16N2O2/c13-9-6-8(7-11-9)10(14)12-4-2-1-3-5-12/h8H,1-7H2,(H,11,13). The molecule has 0 saturated carbocycles. The summed E-state index contributed by atoms with van der Waals surface area (Å²) in [5.74, 6) is 0.0870. The number of piperidine rings is 1. The van der Waals surface area contributed by atoms with E-state index in [1.54, 1.807) is 0 Å². The van der Waals surface area contributed by atoms with Crippen molar-refractivity contribution < 1.29 is 9.59 Å². The number of hydrogen-bond acceptors (Lipinski definition) is 2. The highest BCUT2D eigenvalue weighted by Gasteiger charge is 2.31. The molecular formula is C10H16N2O2. The number of carbonyl (C=O) groups excluding carboxylic acids is 2. The zero-order chi connectivity index (χ0) is 9.97. The minimum atomic E-state index is -0.0967. The molecule has 1 atom stereocenters. The summed E-state index contributed by atoms with van der Waals surface area (Å²) in [5.41, 5.74) is 0. The highest BCUT2D eigenvalue weighted by molar-refractivity contribution is 5.89. The number of rotatable bonds is 1. The maximum atomic E-state index is 11.9. The van der Waals surface area contributed by atoms with Gasteiger partial charge in [-0.05, 0) is 19.3 Å². The van der Waals surface area contributed by atoms with Gasteiger partial charge in [0.25, 0.3) is 0 Å². The minimum Gasteiger partial charge on any atom is -0.355 e. The molecule has 78 valence electrons. The Labute approximate surface area is 83.6 Å². The van der Waals surface area contributed by atoms with Crippen LogP contribution in [0.4, 0.5) is 0 Å². The summed E-state index contributed by atoms with van der Waals surface area (Å²) in [4.78, 5) is 24.7. The van der Waals surface area contributed by atoms with Crippen molar-refractivity contribution in [1.29, 1.82) is 0 Å². The average molecular weight is 196 g/mol. The fourth-order valence-electron chi connectivity index (χ4n) is 2.15. The number of amides is 2.